The number of anilines is 1. The van der Waals surface area contributed by atoms with Gasteiger partial charge in [0.05, 0.1) is 21.3 Å². The van der Waals surface area contributed by atoms with E-state index in [0.717, 1.165) is 24.8 Å². The summed E-state index contributed by atoms with van der Waals surface area (Å²) < 4.78 is 43.1. The number of aromatic amines is 1. The summed E-state index contributed by atoms with van der Waals surface area (Å²) in [6.07, 6.45) is 4.44. The molecule has 0 saturated carbocycles. The molecule has 1 aliphatic heterocycles. The van der Waals surface area contributed by atoms with Gasteiger partial charge in [-0.2, -0.15) is 4.31 Å². The Morgan fingerprint density at radius 1 is 1.00 bits per heavy atom. The van der Waals surface area contributed by atoms with E-state index in [9.17, 15) is 8.42 Å². The van der Waals surface area contributed by atoms with E-state index in [0.29, 0.717) is 42.7 Å². The Morgan fingerprint density at radius 2 is 1.66 bits per heavy atom. The molecule has 3 rings (SSSR count). The predicted octanol–water partition coefficient (Wildman–Crippen LogP) is 2.31. The van der Waals surface area contributed by atoms with Crippen LogP contribution in [0.3, 0.4) is 0 Å². The van der Waals surface area contributed by atoms with Gasteiger partial charge in [0, 0.05) is 24.7 Å². The molecule has 0 spiro atoms. The number of H-pyrrole nitrogens is 1. The first kappa shape index (κ1) is 21.2. The zero-order valence-corrected chi connectivity index (χ0v) is 17.8. The number of ether oxygens (including phenoxy) is 3. The number of piperidine rings is 1. The zero-order valence-electron chi connectivity index (χ0n) is 17.0. The van der Waals surface area contributed by atoms with Crippen molar-refractivity contribution in [1.82, 2.24) is 4.31 Å². The van der Waals surface area contributed by atoms with Crippen LogP contribution in [0.1, 0.15) is 24.8 Å². The third-order valence-corrected chi connectivity index (χ3v) is 6.84. The highest BCUT2D eigenvalue weighted by atomic mass is 32.2. The van der Waals surface area contributed by atoms with E-state index in [-0.39, 0.29) is 4.90 Å². The first-order valence-electron chi connectivity index (χ1n) is 9.54. The van der Waals surface area contributed by atoms with E-state index in [1.807, 2.05) is 12.1 Å². The van der Waals surface area contributed by atoms with Crippen LogP contribution in [0.4, 0.5) is 5.82 Å². The summed E-state index contributed by atoms with van der Waals surface area (Å²) in [5.74, 6) is 2.40. The van der Waals surface area contributed by atoms with E-state index >= 15 is 0 Å². The first-order chi connectivity index (χ1) is 14.0. The number of nitrogens with one attached hydrogen (secondary N) is 2. The summed E-state index contributed by atoms with van der Waals surface area (Å²) in [7, 11) is 1.26. The zero-order chi connectivity index (χ0) is 20.9. The monoisotopic (exact) mass is 422 g/mol. The van der Waals surface area contributed by atoms with Gasteiger partial charge >= 0.3 is 0 Å². The molecule has 2 heterocycles. The number of nitrogens with zero attached hydrogens (tertiary/aromatic N) is 1. The molecule has 9 heteroatoms. The highest BCUT2D eigenvalue weighted by Gasteiger charge is 2.26. The minimum atomic E-state index is -3.44. The van der Waals surface area contributed by atoms with Gasteiger partial charge in [-0.05, 0) is 31.0 Å². The molecule has 1 aliphatic rings. The smallest absolute Gasteiger partial charge is 0.272 e. The molecule has 158 valence electrons. The van der Waals surface area contributed by atoms with Gasteiger partial charge in [0.25, 0.3) is 5.82 Å². The van der Waals surface area contributed by atoms with Crippen LogP contribution in [0.5, 0.6) is 17.2 Å². The van der Waals surface area contributed by atoms with E-state index < -0.39 is 10.0 Å². The maximum absolute atomic E-state index is 12.7. The van der Waals surface area contributed by atoms with Gasteiger partial charge in [-0.15, -0.1) is 0 Å². The van der Waals surface area contributed by atoms with Gasteiger partial charge in [0.15, 0.2) is 11.5 Å². The van der Waals surface area contributed by atoms with Crippen molar-refractivity contribution in [2.75, 3.05) is 39.7 Å². The molecule has 0 radical (unpaired) electrons. The van der Waals surface area contributed by atoms with Crippen molar-refractivity contribution in [2.24, 2.45) is 0 Å². The maximum Gasteiger partial charge on any atom is 0.272 e. The largest absolute Gasteiger partial charge is 0.493 e. The number of sulfonamides is 1. The number of pyridine rings is 1. The van der Waals surface area contributed by atoms with Crippen LogP contribution in [0, 0.1) is 0 Å². The maximum atomic E-state index is 12.7. The third-order valence-electron chi connectivity index (χ3n) is 4.94. The van der Waals surface area contributed by atoms with Crippen LogP contribution in [0.2, 0.25) is 0 Å². The van der Waals surface area contributed by atoms with Crippen molar-refractivity contribution in [3.05, 3.63) is 36.0 Å². The minimum absolute atomic E-state index is 0.276. The third kappa shape index (κ3) is 4.73. The number of methoxy groups -OCH3 is 3. The second-order valence-electron chi connectivity index (χ2n) is 6.79. The summed E-state index contributed by atoms with van der Waals surface area (Å²) in [6.45, 7) is 1.67. The van der Waals surface area contributed by atoms with Gasteiger partial charge in [-0.3, -0.25) is 5.32 Å². The topological polar surface area (TPSA) is 91.2 Å². The number of benzene rings is 1. The Balaban J connectivity index is 1.70. The lowest BCUT2D eigenvalue weighted by Gasteiger charge is -2.25. The highest BCUT2D eigenvalue weighted by molar-refractivity contribution is 7.89. The van der Waals surface area contributed by atoms with Crippen LogP contribution < -0.4 is 24.5 Å². The van der Waals surface area contributed by atoms with Gasteiger partial charge in [0.2, 0.25) is 15.8 Å². The summed E-state index contributed by atoms with van der Waals surface area (Å²) in [5, 5.41) is 3.24. The van der Waals surface area contributed by atoms with Crippen molar-refractivity contribution in [2.45, 2.75) is 30.7 Å². The molecule has 0 amide bonds. The average molecular weight is 423 g/mol. The summed E-state index contributed by atoms with van der Waals surface area (Å²) in [4.78, 5) is 3.30. The fourth-order valence-electron chi connectivity index (χ4n) is 3.37. The fraction of sp³-hybridized carbons (Fsp3) is 0.450. The Morgan fingerprint density at radius 3 is 2.17 bits per heavy atom. The van der Waals surface area contributed by atoms with Gasteiger partial charge in [-0.25, -0.2) is 13.4 Å². The van der Waals surface area contributed by atoms with Crippen LogP contribution >= 0.6 is 0 Å². The lowest BCUT2D eigenvalue weighted by molar-refractivity contribution is -0.364. The van der Waals surface area contributed by atoms with E-state index in [1.54, 1.807) is 37.8 Å². The summed E-state index contributed by atoms with van der Waals surface area (Å²) in [6, 6.07) is 7.08. The second kappa shape index (κ2) is 9.32. The SMILES string of the molecule is COc1cc(CNc2ccc(S(=O)(=O)N3CCCCC3)c[nH+]2)cc(OC)c1OC. The predicted molar refractivity (Wildman–Crippen MR) is 109 cm³/mol. The quantitative estimate of drug-likeness (QED) is 0.702. The number of aromatic nitrogens is 1. The van der Waals surface area contributed by atoms with Gasteiger partial charge in [0.1, 0.15) is 17.6 Å². The van der Waals surface area contributed by atoms with Crippen molar-refractivity contribution in [3.63, 3.8) is 0 Å². The van der Waals surface area contributed by atoms with Crippen molar-refractivity contribution in [1.29, 1.82) is 0 Å². The van der Waals surface area contributed by atoms with E-state index in [1.165, 1.54) is 6.20 Å². The molecule has 29 heavy (non-hydrogen) atoms. The van der Waals surface area contributed by atoms with Crippen LogP contribution in [-0.2, 0) is 16.6 Å². The average Bonchev–Trinajstić information content (AvgIpc) is 2.77. The number of hydrogen-bond donors (Lipinski definition) is 1. The van der Waals surface area contributed by atoms with E-state index in [4.69, 9.17) is 14.2 Å². The molecular formula is C20H28N3O5S+. The molecule has 2 aromatic rings. The first-order valence-corrected chi connectivity index (χ1v) is 11.0. The highest BCUT2D eigenvalue weighted by Crippen LogP contribution is 2.38. The normalized spacial score (nSPS) is 15.0. The molecule has 8 nitrogen and oxygen atoms in total. The number of hydrogen-bond acceptors (Lipinski definition) is 6. The molecule has 2 N–H and O–H groups in total. The van der Waals surface area contributed by atoms with Gasteiger partial charge < -0.3 is 14.2 Å². The molecule has 1 aromatic carbocycles. The Labute approximate surface area is 171 Å². The van der Waals surface area contributed by atoms with Crippen molar-refractivity contribution in [3.8, 4) is 17.2 Å². The molecular weight excluding hydrogens is 394 g/mol. The fourth-order valence-corrected chi connectivity index (χ4v) is 4.85. The Kier molecular flexibility index (Phi) is 6.81. The summed E-state index contributed by atoms with van der Waals surface area (Å²) >= 11 is 0. The van der Waals surface area contributed by atoms with Crippen molar-refractivity contribution < 1.29 is 27.6 Å². The van der Waals surface area contributed by atoms with Crippen LogP contribution in [0.25, 0.3) is 0 Å². The Bertz CT molecular complexity index is 901. The molecule has 1 fully saturated rings. The van der Waals surface area contributed by atoms with E-state index in [2.05, 4.69) is 10.3 Å². The molecule has 0 bridgehead atoms. The summed E-state index contributed by atoms with van der Waals surface area (Å²) in [5.41, 5.74) is 0.929. The molecule has 0 atom stereocenters. The molecule has 0 aliphatic carbocycles. The second-order valence-corrected chi connectivity index (χ2v) is 8.73. The minimum Gasteiger partial charge on any atom is -0.493 e. The van der Waals surface area contributed by atoms with Crippen LogP contribution in [-0.4, -0.2) is 47.1 Å². The molecule has 1 aromatic heterocycles. The van der Waals surface area contributed by atoms with Crippen molar-refractivity contribution >= 4 is 15.8 Å². The standard InChI is InChI=1S/C20H27N3O5S/c1-26-17-11-15(12-18(27-2)20(17)28-3)13-21-19-8-7-16(14-22-19)29(24,25)23-9-5-4-6-10-23/h7-8,11-12,14H,4-6,9-10,13H2,1-3H3,(H,21,22)/p+1. The lowest BCUT2D eigenvalue weighted by Crippen LogP contribution is -2.36. The van der Waals surface area contributed by atoms with Crippen LogP contribution in [0.15, 0.2) is 35.4 Å². The Hall–Kier alpha value is -2.52. The van der Waals surface area contributed by atoms with Gasteiger partial charge in [-0.1, -0.05) is 6.42 Å². The molecule has 1 saturated heterocycles. The lowest BCUT2D eigenvalue weighted by atomic mass is 10.1. The number of rotatable bonds is 8. The molecule has 0 unspecified atom stereocenters.